The summed E-state index contributed by atoms with van der Waals surface area (Å²) < 4.78 is 22.6. The van der Waals surface area contributed by atoms with Gasteiger partial charge in [-0.15, -0.1) is 0 Å². The molecule has 0 bridgehead atoms. The molecule has 20 heavy (non-hydrogen) atoms. The van der Waals surface area contributed by atoms with E-state index >= 15 is 0 Å². The Morgan fingerprint density at radius 1 is 1.35 bits per heavy atom. The number of carbonyl (C=O) groups is 1. The summed E-state index contributed by atoms with van der Waals surface area (Å²) in [5.41, 5.74) is 0.582. The van der Waals surface area contributed by atoms with Crippen LogP contribution in [-0.2, 0) is 9.84 Å². The lowest BCUT2D eigenvalue weighted by molar-refractivity contribution is 0.0698. The van der Waals surface area contributed by atoms with Gasteiger partial charge in [-0.1, -0.05) is 17.7 Å². The Balaban J connectivity index is 1.95. The van der Waals surface area contributed by atoms with Gasteiger partial charge in [0.25, 0.3) is 5.91 Å². The van der Waals surface area contributed by atoms with Crippen LogP contribution >= 0.6 is 11.6 Å². The van der Waals surface area contributed by atoms with Gasteiger partial charge in [-0.25, -0.2) is 8.42 Å². The Kier molecular flexibility index (Phi) is 4.70. The van der Waals surface area contributed by atoms with Crippen molar-refractivity contribution >= 4 is 27.3 Å². The van der Waals surface area contributed by atoms with Crippen molar-refractivity contribution in [2.24, 2.45) is 5.92 Å². The number of sulfone groups is 1. The van der Waals surface area contributed by atoms with Gasteiger partial charge in [0.15, 0.2) is 0 Å². The van der Waals surface area contributed by atoms with E-state index in [1.807, 2.05) is 0 Å². The van der Waals surface area contributed by atoms with Crippen molar-refractivity contribution < 1.29 is 13.2 Å². The molecular formula is C14H18ClNO3S. The SMILES string of the molecule is CS(=O)(=O)CC1CCN(C(=O)c2cccc(Cl)c2)CC1. The molecule has 1 saturated heterocycles. The molecule has 1 heterocycles. The molecule has 0 radical (unpaired) electrons. The normalized spacial score (nSPS) is 17.2. The minimum Gasteiger partial charge on any atom is -0.339 e. The summed E-state index contributed by atoms with van der Waals surface area (Å²) in [5, 5.41) is 0.544. The molecule has 0 N–H and O–H groups in total. The van der Waals surface area contributed by atoms with E-state index in [4.69, 9.17) is 11.6 Å². The molecule has 0 aliphatic carbocycles. The quantitative estimate of drug-likeness (QED) is 0.859. The third-order valence-corrected chi connectivity index (χ3v) is 4.82. The van der Waals surface area contributed by atoms with E-state index in [1.54, 1.807) is 29.2 Å². The van der Waals surface area contributed by atoms with Crippen LogP contribution in [0.3, 0.4) is 0 Å². The van der Waals surface area contributed by atoms with Gasteiger partial charge in [-0.05, 0) is 37.0 Å². The van der Waals surface area contributed by atoms with Gasteiger partial charge in [0, 0.05) is 29.9 Å². The first-order chi connectivity index (χ1) is 9.35. The summed E-state index contributed by atoms with van der Waals surface area (Å²) >= 11 is 5.89. The van der Waals surface area contributed by atoms with Crippen LogP contribution in [0.5, 0.6) is 0 Å². The van der Waals surface area contributed by atoms with E-state index in [-0.39, 0.29) is 17.6 Å². The highest BCUT2D eigenvalue weighted by Gasteiger charge is 2.25. The lowest BCUT2D eigenvalue weighted by atomic mass is 9.98. The average Bonchev–Trinajstić information content (AvgIpc) is 2.37. The van der Waals surface area contributed by atoms with Crippen molar-refractivity contribution in [2.45, 2.75) is 12.8 Å². The molecule has 4 nitrogen and oxygen atoms in total. The van der Waals surface area contributed by atoms with Gasteiger partial charge in [-0.2, -0.15) is 0 Å². The number of halogens is 1. The van der Waals surface area contributed by atoms with E-state index in [9.17, 15) is 13.2 Å². The highest BCUT2D eigenvalue weighted by Crippen LogP contribution is 2.21. The van der Waals surface area contributed by atoms with E-state index < -0.39 is 9.84 Å². The highest BCUT2D eigenvalue weighted by molar-refractivity contribution is 7.90. The van der Waals surface area contributed by atoms with Crippen molar-refractivity contribution in [1.82, 2.24) is 4.90 Å². The smallest absolute Gasteiger partial charge is 0.253 e. The molecule has 0 spiro atoms. The number of amides is 1. The number of benzene rings is 1. The predicted octanol–water partition coefficient (Wildman–Crippen LogP) is 2.24. The van der Waals surface area contributed by atoms with Crippen molar-refractivity contribution in [3.05, 3.63) is 34.9 Å². The summed E-state index contributed by atoms with van der Waals surface area (Å²) in [6.07, 6.45) is 2.73. The van der Waals surface area contributed by atoms with Gasteiger partial charge in [0.05, 0.1) is 5.75 Å². The molecule has 1 fully saturated rings. The molecule has 1 aliphatic rings. The second kappa shape index (κ2) is 6.14. The van der Waals surface area contributed by atoms with Crippen LogP contribution in [0.4, 0.5) is 0 Å². The maximum absolute atomic E-state index is 12.3. The number of nitrogens with zero attached hydrogens (tertiary/aromatic N) is 1. The van der Waals surface area contributed by atoms with Crippen molar-refractivity contribution in [3.8, 4) is 0 Å². The number of likely N-dealkylation sites (tertiary alicyclic amines) is 1. The minimum atomic E-state index is -2.94. The van der Waals surface area contributed by atoms with Crippen LogP contribution < -0.4 is 0 Å². The van der Waals surface area contributed by atoms with Crippen LogP contribution in [0.25, 0.3) is 0 Å². The summed E-state index contributed by atoms with van der Waals surface area (Å²) in [6, 6.07) is 6.89. The molecule has 1 aromatic rings. The zero-order chi connectivity index (χ0) is 14.8. The van der Waals surface area contributed by atoms with Crippen LogP contribution in [0.15, 0.2) is 24.3 Å². The zero-order valence-electron chi connectivity index (χ0n) is 11.4. The second-order valence-corrected chi connectivity index (χ2v) is 7.96. The molecule has 0 atom stereocenters. The molecule has 110 valence electrons. The van der Waals surface area contributed by atoms with E-state index in [0.29, 0.717) is 23.7 Å². The monoisotopic (exact) mass is 315 g/mol. The number of hydrogen-bond donors (Lipinski definition) is 0. The zero-order valence-corrected chi connectivity index (χ0v) is 13.0. The predicted molar refractivity (Wildman–Crippen MR) is 79.8 cm³/mol. The summed E-state index contributed by atoms with van der Waals surface area (Å²) in [6.45, 7) is 1.21. The Hall–Kier alpha value is -1.07. The first-order valence-corrected chi connectivity index (χ1v) is 9.01. The Morgan fingerprint density at radius 3 is 2.55 bits per heavy atom. The molecule has 0 saturated carbocycles. The summed E-state index contributed by atoms with van der Waals surface area (Å²) in [7, 11) is -2.94. The Bertz CT molecular complexity index is 592. The molecule has 0 unspecified atom stereocenters. The fourth-order valence-electron chi connectivity index (χ4n) is 2.53. The lowest BCUT2D eigenvalue weighted by Gasteiger charge is -2.31. The van der Waals surface area contributed by atoms with Crippen molar-refractivity contribution in [3.63, 3.8) is 0 Å². The molecule has 2 rings (SSSR count). The maximum atomic E-state index is 12.3. The third kappa shape index (κ3) is 4.21. The molecule has 1 aliphatic heterocycles. The molecular weight excluding hydrogens is 298 g/mol. The van der Waals surface area contributed by atoms with E-state index in [1.165, 1.54) is 6.26 Å². The first kappa shape index (κ1) is 15.3. The average molecular weight is 316 g/mol. The van der Waals surface area contributed by atoms with Crippen LogP contribution in [0.1, 0.15) is 23.2 Å². The number of hydrogen-bond acceptors (Lipinski definition) is 3. The van der Waals surface area contributed by atoms with Gasteiger partial charge < -0.3 is 4.90 Å². The third-order valence-electron chi connectivity index (χ3n) is 3.51. The highest BCUT2D eigenvalue weighted by atomic mass is 35.5. The number of carbonyl (C=O) groups excluding carboxylic acids is 1. The standard InChI is InChI=1S/C14H18ClNO3S/c1-20(18,19)10-11-5-7-16(8-6-11)14(17)12-3-2-4-13(15)9-12/h2-4,9,11H,5-8,10H2,1H3. The summed E-state index contributed by atoms with van der Waals surface area (Å²) in [4.78, 5) is 14.1. The molecule has 1 amide bonds. The van der Waals surface area contributed by atoms with Crippen LogP contribution in [0, 0.1) is 5.92 Å². The fraction of sp³-hybridized carbons (Fsp3) is 0.500. The van der Waals surface area contributed by atoms with Crippen molar-refractivity contribution in [1.29, 1.82) is 0 Å². The number of rotatable bonds is 3. The number of piperidine rings is 1. The Morgan fingerprint density at radius 2 is 2.00 bits per heavy atom. The van der Waals surface area contributed by atoms with Gasteiger partial charge in [-0.3, -0.25) is 4.79 Å². The Labute approximate surface area is 124 Å². The molecule has 0 aromatic heterocycles. The van der Waals surface area contributed by atoms with Crippen molar-refractivity contribution in [2.75, 3.05) is 25.1 Å². The van der Waals surface area contributed by atoms with Gasteiger partial charge in [0.1, 0.15) is 9.84 Å². The molecule has 6 heteroatoms. The van der Waals surface area contributed by atoms with Crippen LogP contribution in [-0.4, -0.2) is 44.3 Å². The first-order valence-electron chi connectivity index (χ1n) is 6.58. The fourth-order valence-corrected chi connectivity index (χ4v) is 3.91. The second-order valence-electron chi connectivity index (χ2n) is 5.34. The van der Waals surface area contributed by atoms with Gasteiger partial charge in [0.2, 0.25) is 0 Å². The maximum Gasteiger partial charge on any atom is 0.253 e. The largest absolute Gasteiger partial charge is 0.339 e. The minimum absolute atomic E-state index is 0.0368. The van der Waals surface area contributed by atoms with Gasteiger partial charge >= 0.3 is 0 Å². The van der Waals surface area contributed by atoms with Crippen LogP contribution in [0.2, 0.25) is 5.02 Å². The topological polar surface area (TPSA) is 54.5 Å². The van der Waals surface area contributed by atoms with E-state index in [2.05, 4.69) is 0 Å². The van der Waals surface area contributed by atoms with E-state index in [0.717, 1.165) is 12.8 Å². The molecule has 1 aromatic carbocycles. The lowest BCUT2D eigenvalue weighted by Crippen LogP contribution is -2.39. The summed E-state index contributed by atoms with van der Waals surface area (Å²) in [5.74, 6) is 0.338.